The summed E-state index contributed by atoms with van der Waals surface area (Å²) < 4.78 is 5.25. The molecule has 0 aromatic heterocycles. The highest BCUT2D eigenvalue weighted by Crippen LogP contribution is 2.35. The van der Waals surface area contributed by atoms with E-state index in [-0.39, 0.29) is 6.61 Å². The Morgan fingerprint density at radius 1 is 1.67 bits per heavy atom. The third kappa shape index (κ3) is 0.884. The van der Waals surface area contributed by atoms with Gasteiger partial charge in [-0.05, 0) is 18.4 Å². The summed E-state index contributed by atoms with van der Waals surface area (Å²) in [5.74, 6) is 0. The highest BCUT2D eigenvalue weighted by molar-refractivity contribution is 5.14. The van der Waals surface area contributed by atoms with E-state index in [1.54, 1.807) is 0 Å². The molecule has 2 atom stereocenters. The molecule has 0 bridgehead atoms. The van der Waals surface area contributed by atoms with Crippen molar-refractivity contribution in [2.45, 2.75) is 25.0 Å². The van der Waals surface area contributed by atoms with Gasteiger partial charge in [-0.1, -0.05) is 6.08 Å². The van der Waals surface area contributed by atoms with E-state index in [2.05, 4.69) is 6.08 Å². The van der Waals surface area contributed by atoms with Gasteiger partial charge >= 0.3 is 0 Å². The molecule has 1 aliphatic heterocycles. The quantitative estimate of drug-likeness (QED) is 0.409. The molecular formula is C7H10O2. The number of hydrogen-bond acceptors (Lipinski definition) is 2. The van der Waals surface area contributed by atoms with Gasteiger partial charge in [-0.25, -0.2) is 0 Å². The van der Waals surface area contributed by atoms with Crippen molar-refractivity contribution in [3.63, 3.8) is 0 Å². The van der Waals surface area contributed by atoms with Crippen molar-refractivity contribution in [1.82, 2.24) is 0 Å². The second-order valence-corrected chi connectivity index (χ2v) is 2.67. The minimum Gasteiger partial charge on any atom is -0.392 e. The Hall–Kier alpha value is -0.340. The number of ether oxygens (including phenoxy) is 1. The van der Waals surface area contributed by atoms with Crippen molar-refractivity contribution >= 4 is 0 Å². The molecule has 2 aliphatic rings. The predicted octanol–water partition coefficient (Wildman–Crippen LogP) is 0.466. The van der Waals surface area contributed by atoms with E-state index >= 15 is 0 Å². The lowest BCUT2D eigenvalue weighted by Gasteiger charge is -2.04. The van der Waals surface area contributed by atoms with Crippen LogP contribution in [-0.2, 0) is 4.74 Å². The van der Waals surface area contributed by atoms with Crippen molar-refractivity contribution in [3.8, 4) is 0 Å². The number of rotatable bonds is 1. The molecule has 2 unspecified atom stereocenters. The second kappa shape index (κ2) is 1.82. The van der Waals surface area contributed by atoms with Crippen LogP contribution in [0.4, 0.5) is 0 Å². The Morgan fingerprint density at radius 3 is 3.22 bits per heavy atom. The zero-order valence-corrected chi connectivity index (χ0v) is 5.21. The number of hydrogen-bond donors (Lipinski definition) is 1. The van der Waals surface area contributed by atoms with Gasteiger partial charge in [0.2, 0.25) is 0 Å². The fraction of sp³-hybridized carbons (Fsp3) is 0.714. The first-order chi connectivity index (χ1) is 4.40. The summed E-state index contributed by atoms with van der Waals surface area (Å²) in [6.45, 7) is 0.215. The Labute approximate surface area is 54.1 Å². The van der Waals surface area contributed by atoms with E-state index in [1.165, 1.54) is 0 Å². The first-order valence-corrected chi connectivity index (χ1v) is 3.34. The largest absolute Gasteiger partial charge is 0.392 e. The summed E-state index contributed by atoms with van der Waals surface area (Å²) in [7, 11) is 0. The standard InChI is InChI=1S/C7H10O2/c8-4-5-1-2-6-7(3-5)9-6/h1,6-8H,2-4H2. The Balaban J connectivity index is 2.02. The number of aliphatic hydroxyl groups is 1. The average molecular weight is 126 g/mol. The van der Waals surface area contributed by atoms with E-state index in [0.29, 0.717) is 12.2 Å². The monoisotopic (exact) mass is 126 g/mol. The maximum Gasteiger partial charge on any atom is 0.0882 e. The lowest BCUT2D eigenvalue weighted by molar-refractivity contribution is 0.319. The maximum absolute atomic E-state index is 8.70. The zero-order chi connectivity index (χ0) is 6.27. The van der Waals surface area contributed by atoms with Crippen LogP contribution in [0.3, 0.4) is 0 Å². The Morgan fingerprint density at radius 2 is 2.56 bits per heavy atom. The van der Waals surface area contributed by atoms with Crippen molar-refractivity contribution < 1.29 is 9.84 Å². The third-order valence-corrected chi connectivity index (χ3v) is 1.99. The van der Waals surface area contributed by atoms with Crippen molar-refractivity contribution in [1.29, 1.82) is 0 Å². The van der Waals surface area contributed by atoms with Gasteiger partial charge in [-0.3, -0.25) is 0 Å². The Bertz CT molecular complexity index is 151. The molecule has 1 saturated heterocycles. The zero-order valence-electron chi connectivity index (χ0n) is 5.21. The minimum atomic E-state index is 0.215. The van der Waals surface area contributed by atoms with Crippen LogP contribution in [0, 0.1) is 0 Å². The van der Waals surface area contributed by atoms with Crippen LogP contribution in [0.1, 0.15) is 12.8 Å². The van der Waals surface area contributed by atoms with Crippen molar-refractivity contribution in [2.24, 2.45) is 0 Å². The molecule has 0 aromatic carbocycles. The summed E-state index contributed by atoms with van der Waals surface area (Å²) in [5.41, 5.74) is 1.15. The number of epoxide rings is 1. The molecule has 0 spiro atoms. The molecular weight excluding hydrogens is 116 g/mol. The van der Waals surface area contributed by atoms with Crippen LogP contribution in [0.15, 0.2) is 11.6 Å². The molecule has 1 fully saturated rings. The van der Waals surface area contributed by atoms with Gasteiger partial charge in [-0.15, -0.1) is 0 Å². The highest BCUT2D eigenvalue weighted by atomic mass is 16.6. The molecule has 50 valence electrons. The molecule has 2 nitrogen and oxygen atoms in total. The van der Waals surface area contributed by atoms with Gasteiger partial charge in [0.25, 0.3) is 0 Å². The van der Waals surface area contributed by atoms with Crippen LogP contribution in [0.5, 0.6) is 0 Å². The van der Waals surface area contributed by atoms with Crippen LogP contribution in [-0.4, -0.2) is 23.9 Å². The van der Waals surface area contributed by atoms with E-state index < -0.39 is 0 Å². The number of fused-ring (bicyclic) bond motifs is 1. The van der Waals surface area contributed by atoms with Crippen LogP contribution < -0.4 is 0 Å². The minimum absolute atomic E-state index is 0.215. The first-order valence-electron chi connectivity index (χ1n) is 3.34. The molecule has 0 aromatic rings. The Kier molecular flexibility index (Phi) is 1.10. The van der Waals surface area contributed by atoms with Crippen LogP contribution in [0.25, 0.3) is 0 Å². The van der Waals surface area contributed by atoms with E-state index in [9.17, 15) is 0 Å². The van der Waals surface area contributed by atoms with E-state index in [4.69, 9.17) is 9.84 Å². The smallest absolute Gasteiger partial charge is 0.0882 e. The molecule has 0 amide bonds. The molecule has 2 rings (SSSR count). The SMILES string of the molecule is OCC1=CCC2OC2C1. The van der Waals surface area contributed by atoms with E-state index in [1.807, 2.05) is 0 Å². The third-order valence-electron chi connectivity index (χ3n) is 1.99. The van der Waals surface area contributed by atoms with Gasteiger partial charge in [0.1, 0.15) is 0 Å². The summed E-state index contributed by atoms with van der Waals surface area (Å²) in [4.78, 5) is 0. The predicted molar refractivity (Wildman–Crippen MR) is 33.1 cm³/mol. The van der Waals surface area contributed by atoms with Gasteiger partial charge in [0.05, 0.1) is 18.8 Å². The molecule has 0 radical (unpaired) electrons. The van der Waals surface area contributed by atoms with E-state index in [0.717, 1.165) is 18.4 Å². The average Bonchev–Trinajstić information content (AvgIpc) is 2.64. The topological polar surface area (TPSA) is 32.8 Å². The fourth-order valence-corrected chi connectivity index (χ4v) is 1.32. The van der Waals surface area contributed by atoms with Crippen molar-refractivity contribution in [3.05, 3.63) is 11.6 Å². The normalized spacial score (nSPS) is 39.4. The van der Waals surface area contributed by atoms with Crippen LogP contribution >= 0.6 is 0 Å². The fourth-order valence-electron chi connectivity index (χ4n) is 1.32. The van der Waals surface area contributed by atoms with Crippen LogP contribution in [0.2, 0.25) is 0 Å². The lowest BCUT2D eigenvalue weighted by atomic mass is 10.0. The van der Waals surface area contributed by atoms with Gasteiger partial charge in [0.15, 0.2) is 0 Å². The second-order valence-electron chi connectivity index (χ2n) is 2.67. The molecule has 9 heavy (non-hydrogen) atoms. The summed E-state index contributed by atoms with van der Waals surface area (Å²) in [6.07, 6.45) is 5.02. The molecule has 1 aliphatic carbocycles. The van der Waals surface area contributed by atoms with Gasteiger partial charge in [-0.2, -0.15) is 0 Å². The molecule has 2 heteroatoms. The van der Waals surface area contributed by atoms with Crippen molar-refractivity contribution in [2.75, 3.05) is 6.61 Å². The first kappa shape index (κ1) is 5.45. The summed E-state index contributed by atoms with van der Waals surface area (Å²) >= 11 is 0. The number of aliphatic hydroxyl groups excluding tert-OH is 1. The summed E-state index contributed by atoms with van der Waals surface area (Å²) in [5, 5.41) is 8.70. The molecule has 1 heterocycles. The molecule has 0 saturated carbocycles. The lowest BCUT2D eigenvalue weighted by Crippen LogP contribution is -2.04. The highest BCUT2D eigenvalue weighted by Gasteiger charge is 2.40. The molecule has 1 N–H and O–H groups in total. The maximum atomic E-state index is 8.70. The van der Waals surface area contributed by atoms with Gasteiger partial charge in [0, 0.05) is 0 Å². The van der Waals surface area contributed by atoms with Gasteiger partial charge < -0.3 is 9.84 Å². The summed E-state index contributed by atoms with van der Waals surface area (Å²) in [6, 6.07) is 0.